The van der Waals surface area contributed by atoms with Crippen LogP contribution in [0.15, 0.2) is 41.2 Å². The van der Waals surface area contributed by atoms with Crippen LogP contribution in [-0.4, -0.2) is 34.5 Å². The molecular formula is C22H21N3O. The van der Waals surface area contributed by atoms with Crippen molar-refractivity contribution >= 4 is 21.8 Å². The van der Waals surface area contributed by atoms with E-state index in [1.807, 2.05) is 24.3 Å². The quantitative estimate of drug-likeness (QED) is 0.690. The van der Waals surface area contributed by atoms with Crippen LogP contribution in [0.5, 0.6) is 0 Å². The lowest BCUT2D eigenvalue weighted by molar-refractivity contribution is 0.237. The molecule has 0 radical (unpaired) electrons. The highest BCUT2D eigenvalue weighted by atomic mass is 16.1. The van der Waals surface area contributed by atoms with Crippen LogP contribution in [0.1, 0.15) is 30.9 Å². The summed E-state index contributed by atoms with van der Waals surface area (Å²) in [6.07, 6.45) is 4.15. The Bertz CT molecular complexity index is 1180. The van der Waals surface area contributed by atoms with Crippen molar-refractivity contribution in [1.82, 2.24) is 14.9 Å². The molecule has 3 saturated carbocycles. The van der Waals surface area contributed by atoms with Gasteiger partial charge in [0.05, 0.1) is 11.0 Å². The number of pyridine rings is 2. The van der Waals surface area contributed by atoms with Crippen LogP contribution in [0.2, 0.25) is 0 Å². The zero-order valence-corrected chi connectivity index (χ0v) is 14.8. The van der Waals surface area contributed by atoms with Gasteiger partial charge in [-0.1, -0.05) is 18.2 Å². The molecule has 4 nitrogen and oxygen atoms in total. The lowest BCUT2D eigenvalue weighted by atomic mass is 9.72. The van der Waals surface area contributed by atoms with Gasteiger partial charge < -0.3 is 9.88 Å². The molecule has 2 aromatic heterocycles. The fourth-order valence-electron chi connectivity index (χ4n) is 7.23. The summed E-state index contributed by atoms with van der Waals surface area (Å²) >= 11 is 0. The molecule has 3 aliphatic carbocycles. The number of H-pyrrole nitrogens is 1. The molecule has 4 heteroatoms. The van der Waals surface area contributed by atoms with Gasteiger partial charge in [0.2, 0.25) is 0 Å². The van der Waals surface area contributed by atoms with Crippen molar-refractivity contribution < 1.29 is 0 Å². The summed E-state index contributed by atoms with van der Waals surface area (Å²) in [5.74, 6) is 1.49. The maximum Gasteiger partial charge on any atom is 0.256 e. The Morgan fingerprint density at radius 1 is 1.19 bits per heavy atom. The SMILES string of the molecule is CN1C[C@]23CC1CCC21C(c2ccc4[nH]c(=O)c5ccccc5c4n2)C13. The van der Waals surface area contributed by atoms with E-state index in [1.165, 1.54) is 31.5 Å². The molecule has 4 fully saturated rings. The van der Waals surface area contributed by atoms with Crippen molar-refractivity contribution in [2.24, 2.45) is 16.7 Å². The van der Waals surface area contributed by atoms with Gasteiger partial charge in [-0.15, -0.1) is 0 Å². The van der Waals surface area contributed by atoms with E-state index in [0.29, 0.717) is 16.7 Å². The number of nitrogens with one attached hydrogen (secondary N) is 1. The van der Waals surface area contributed by atoms with Crippen LogP contribution in [0.25, 0.3) is 21.8 Å². The molecule has 130 valence electrons. The molecule has 1 aliphatic heterocycles. The summed E-state index contributed by atoms with van der Waals surface area (Å²) in [6.45, 7) is 1.29. The molecule has 2 bridgehead atoms. The molecule has 5 atom stereocenters. The number of fused-ring (bicyclic) bond motifs is 4. The van der Waals surface area contributed by atoms with Crippen LogP contribution in [0.4, 0.5) is 0 Å². The molecule has 3 heterocycles. The van der Waals surface area contributed by atoms with Crippen molar-refractivity contribution in [3.8, 4) is 0 Å². The van der Waals surface area contributed by atoms with E-state index in [4.69, 9.17) is 4.98 Å². The minimum atomic E-state index is -0.0261. The molecule has 1 aromatic carbocycles. The molecule has 1 N–H and O–H groups in total. The summed E-state index contributed by atoms with van der Waals surface area (Å²) in [6, 6.07) is 12.9. The first-order chi connectivity index (χ1) is 12.7. The van der Waals surface area contributed by atoms with Gasteiger partial charge in [0.15, 0.2) is 0 Å². The number of aromatic amines is 1. The van der Waals surface area contributed by atoms with Crippen molar-refractivity contribution in [1.29, 1.82) is 0 Å². The molecule has 7 rings (SSSR count). The molecule has 2 spiro atoms. The summed E-state index contributed by atoms with van der Waals surface area (Å²) in [5.41, 5.74) is 4.18. The lowest BCUT2D eigenvalue weighted by Gasteiger charge is -2.31. The topological polar surface area (TPSA) is 49.0 Å². The highest BCUT2D eigenvalue weighted by Gasteiger charge is 2.96. The maximum atomic E-state index is 12.3. The summed E-state index contributed by atoms with van der Waals surface area (Å²) in [7, 11) is 2.31. The zero-order chi connectivity index (χ0) is 17.3. The zero-order valence-electron chi connectivity index (χ0n) is 14.8. The second kappa shape index (κ2) is 4.04. The molecule has 1 saturated heterocycles. The monoisotopic (exact) mass is 343 g/mol. The van der Waals surface area contributed by atoms with E-state index < -0.39 is 0 Å². The number of hydrogen-bond donors (Lipinski definition) is 1. The molecule has 3 aromatic rings. The van der Waals surface area contributed by atoms with Gasteiger partial charge in [0, 0.05) is 35.0 Å². The highest BCUT2D eigenvalue weighted by Crippen LogP contribution is 2.99. The second-order valence-electron chi connectivity index (χ2n) is 9.10. The number of hydrogen-bond acceptors (Lipinski definition) is 3. The van der Waals surface area contributed by atoms with Gasteiger partial charge in [0.1, 0.15) is 0 Å². The third-order valence-electron chi connectivity index (χ3n) is 8.33. The summed E-state index contributed by atoms with van der Waals surface area (Å²) < 4.78 is 0. The molecule has 4 aliphatic rings. The third kappa shape index (κ3) is 1.31. The first-order valence-electron chi connectivity index (χ1n) is 9.78. The predicted molar refractivity (Wildman–Crippen MR) is 101 cm³/mol. The van der Waals surface area contributed by atoms with Crippen LogP contribution in [0, 0.1) is 16.7 Å². The van der Waals surface area contributed by atoms with E-state index >= 15 is 0 Å². The number of likely N-dealkylation sites (tertiary alicyclic amines) is 1. The predicted octanol–water partition coefficient (Wildman–Crippen LogP) is 3.27. The Morgan fingerprint density at radius 2 is 2.04 bits per heavy atom. The van der Waals surface area contributed by atoms with Crippen molar-refractivity contribution in [3.63, 3.8) is 0 Å². The summed E-state index contributed by atoms with van der Waals surface area (Å²) in [5, 5.41) is 1.71. The number of benzene rings is 1. The van der Waals surface area contributed by atoms with Crippen molar-refractivity contribution in [2.75, 3.05) is 13.6 Å². The van der Waals surface area contributed by atoms with Gasteiger partial charge >= 0.3 is 0 Å². The van der Waals surface area contributed by atoms with Gasteiger partial charge in [-0.05, 0) is 61.3 Å². The Kier molecular flexibility index (Phi) is 2.16. The van der Waals surface area contributed by atoms with E-state index in [2.05, 4.69) is 29.1 Å². The van der Waals surface area contributed by atoms with Gasteiger partial charge in [0.25, 0.3) is 5.56 Å². The van der Waals surface area contributed by atoms with E-state index in [1.54, 1.807) is 0 Å². The first kappa shape index (κ1) is 13.9. The van der Waals surface area contributed by atoms with Crippen LogP contribution in [0.3, 0.4) is 0 Å². The van der Waals surface area contributed by atoms with E-state index in [-0.39, 0.29) is 5.56 Å². The van der Waals surface area contributed by atoms with Crippen molar-refractivity contribution in [2.45, 2.75) is 31.2 Å². The summed E-state index contributed by atoms with van der Waals surface area (Å²) in [4.78, 5) is 23.0. The Labute approximate surface area is 151 Å². The number of rotatable bonds is 1. The minimum Gasteiger partial charge on any atom is -0.320 e. The second-order valence-corrected chi connectivity index (χ2v) is 9.10. The largest absolute Gasteiger partial charge is 0.320 e. The van der Waals surface area contributed by atoms with Crippen molar-refractivity contribution in [3.05, 3.63) is 52.4 Å². The number of aromatic nitrogens is 2. The average Bonchev–Trinajstić information content (AvgIpc) is 3.46. The van der Waals surface area contributed by atoms with Gasteiger partial charge in [-0.25, -0.2) is 0 Å². The van der Waals surface area contributed by atoms with E-state index in [0.717, 1.165) is 33.8 Å². The normalized spacial score (nSPS) is 39.8. The number of nitrogens with zero attached hydrogens (tertiary/aromatic N) is 2. The molecule has 4 unspecified atom stereocenters. The Balaban J connectivity index is 1.36. The Morgan fingerprint density at radius 3 is 2.92 bits per heavy atom. The smallest absolute Gasteiger partial charge is 0.256 e. The lowest BCUT2D eigenvalue weighted by Crippen LogP contribution is -2.27. The van der Waals surface area contributed by atoms with Gasteiger partial charge in [-0.3, -0.25) is 9.78 Å². The molecule has 26 heavy (non-hydrogen) atoms. The minimum absolute atomic E-state index is 0.0261. The Hall–Kier alpha value is -2.20. The first-order valence-corrected chi connectivity index (χ1v) is 9.78. The molecule has 0 amide bonds. The standard InChI is InChI=1S/C22H21N3O/c1-25-11-21-10-12(25)8-9-22(21)17(19(21)22)15-6-7-16-18(23-15)13-4-2-3-5-14(13)20(26)24-16/h2-7,12,17,19H,8-11H2,1H3,(H,24,26)/t12?,17?,19?,21-,22?/m0/s1. The highest BCUT2D eigenvalue weighted by molar-refractivity contribution is 6.02. The fraction of sp³-hybridized carbons (Fsp3) is 0.455. The third-order valence-corrected chi connectivity index (χ3v) is 8.33. The van der Waals surface area contributed by atoms with E-state index in [9.17, 15) is 4.79 Å². The van der Waals surface area contributed by atoms with Crippen LogP contribution in [-0.2, 0) is 0 Å². The maximum absolute atomic E-state index is 12.3. The average molecular weight is 343 g/mol. The van der Waals surface area contributed by atoms with Gasteiger partial charge in [-0.2, -0.15) is 0 Å². The van der Waals surface area contributed by atoms with Crippen LogP contribution < -0.4 is 5.56 Å². The van der Waals surface area contributed by atoms with Crippen LogP contribution >= 0.6 is 0 Å². The fourth-order valence-corrected chi connectivity index (χ4v) is 7.23. The molecular weight excluding hydrogens is 322 g/mol.